The molecule has 0 unspecified atom stereocenters. The van der Waals surface area contributed by atoms with Crippen molar-refractivity contribution >= 4 is 17.9 Å². The Morgan fingerprint density at radius 3 is 2.95 bits per heavy atom. The molecule has 2 heterocycles. The van der Waals surface area contributed by atoms with Crippen molar-refractivity contribution in [2.75, 3.05) is 25.9 Å². The number of alkyl carbamates (subject to hydrolysis) is 1. The third kappa shape index (κ3) is 3.35. The highest BCUT2D eigenvalue weighted by atomic mass is 32.2. The molecular weight excluding hydrogens is 284 g/mol. The summed E-state index contributed by atoms with van der Waals surface area (Å²) < 4.78 is 5.53. The van der Waals surface area contributed by atoms with Gasteiger partial charge in [-0.25, -0.2) is 4.79 Å². The summed E-state index contributed by atoms with van der Waals surface area (Å²) in [6.07, 6.45) is 4.84. The second kappa shape index (κ2) is 6.28. The van der Waals surface area contributed by atoms with Gasteiger partial charge in [-0.15, -0.1) is 11.8 Å². The van der Waals surface area contributed by atoms with Crippen molar-refractivity contribution in [3.63, 3.8) is 0 Å². The zero-order valence-corrected chi connectivity index (χ0v) is 13.2. The average Bonchev–Trinajstić information content (AvgIpc) is 2.74. The molecule has 0 aromatic heterocycles. The Labute approximate surface area is 130 Å². The van der Waals surface area contributed by atoms with Crippen molar-refractivity contribution < 1.29 is 9.53 Å². The summed E-state index contributed by atoms with van der Waals surface area (Å²) in [5, 5.41) is 2.81. The molecular formula is C16H22N2O2S. The predicted molar refractivity (Wildman–Crippen MR) is 84.6 cm³/mol. The summed E-state index contributed by atoms with van der Waals surface area (Å²) in [5.41, 5.74) is 1.13. The number of nitrogens with one attached hydrogen (secondary N) is 1. The normalized spacial score (nSPS) is 26.4. The van der Waals surface area contributed by atoms with Gasteiger partial charge < -0.3 is 10.1 Å². The zero-order chi connectivity index (χ0) is 14.7. The van der Waals surface area contributed by atoms with E-state index in [1.807, 2.05) is 0 Å². The van der Waals surface area contributed by atoms with Crippen LogP contribution in [0.5, 0.6) is 0 Å². The maximum Gasteiger partial charge on any atom is 0.407 e. The molecule has 21 heavy (non-hydrogen) atoms. The molecule has 3 rings (SSSR count). The Balaban J connectivity index is 1.64. The molecule has 0 bridgehead atoms. The second-order valence-corrected chi connectivity index (χ2v) is 6.72. The maximum atomic E-state index is 11.3. The Bertz CT molecular complexity index is 523. The number of carbonyl (C=O) groups excluding carboxylic acids is 1. The lowest BCUT2D eigenvalue weighted by molar-refractivity contribution is 0.0443. The van der Waals surface area contributed by atoms with Gasteiger partial charge in [0.25, 0.3) is 0 Å². The summed E-state index contributed by atoms with van der Waals surface area (Å²) in [4.78, 5) is 15.2. The van der Waals surface area contributed by atoms with Crippen LogP contribution in [0.15, 0.2) is 29.2 Å². The summed E-state index contributed by atoms with van der Waals surface area (Å²) >= 11 is 1.80. The maximum absolute atomic E-state index is 11.3. The molecule has 1 amide bonds. The zero-order valence-electron chi connectivity index (χ0n) is 12.4. The second-order valence-electron chi connectivity index (χ2n) is 5.87. The summed E-state index contributed by atoms with van der Waals surface area (Å²) in [7, 11) is 0. The number of thioether (sulfide) groups is 1. The Kier molecular flexibility index (Phi) is 4.40. The Morgan fingerprint density at radius 2 is 2.19 bits per heavy atom. The lowest BCUT2D eigenvalue weighted by Crippen LogP contribution is -2.34. The van der Waals surface area contributed by atoms with Gasteiger partial charge >= 0.3 is 6.09 Å². The third-order valence-electron chi connectivity index (χ3n) is 4.44. The van der Waals surface area contributed by atoms with E-state index in [0.717, 1.165) is 38.9 Å². The number of benzene rings is 1. The van der Waals surface area contributed by atoms with Crippen molar-refractivity contribution in [2.24, 2.45) is 0 Å². The number of rotatable bonds is 3. The van der Waals surface area contributed by atoms with Crippen molar-refractivity contribution in [1.29, 1.82) is 0 Å². The van der Waals surface area contributed by atoms with Crippen molar-refractivity contribution in [1.82, 2.24) is 10.2 Å². The van der Waals surface area contributed by atoms with E-state index in [-0.39, 0.29) is 11.7 Å². The van der Waals surface area contributed by atoms with Crippen LogP contribution in [0.25, 0.3) is 0 Å². The van der Waals surface area contributed by atoms with Crippen LogP contribution in [0.1, 0.15) is 24.8 Å². The highest BCUT2D eigenvalue weighted by molar-refractivity contribution is 7.98. The van der Waals surface area contributed by atoms with E-state index in [9.17, 15) is 4.79 Å². The van der Waals surface area contributed by atoms with Gasteiger partial charge in [0, 0.05) is 24.4 Å². The van der Waals surface area contributed by atoms with Crippen LogP contribution in [-0.4, -0.2) is 42.5 Å². The molecule has 0 radical (unpaired) electrons. The number of amides is 1. The SMILES string of the molecule is CSc1ccccc1CN1CCC[C@]2(CC1)CNC(=O)O2. The number of hydrogen-bond acceptors (Lipinski definition) is 4. The van der Waals surface area contributed by atoms with Gasteiger partial charge in [0.1, 0.15) is 5.60 Å². The highest BCUT2D eigenvalue weighted by Crippen LogP contribution is 2.30. The van der Waals surface area contributed by atoms with Crippen molar-refractivity contribution in [2.45, 2.75) is 36.3 Å². The first-order valence-electron chi connectivity index (χ1n) is 7.52. The highest BCUT2D eigenvalue weighted by Gasteiger charge is 2.41. The molecule has 2 aliphatic rings. The first kappa shape index (κ1) is 14.7. The number of ether oxygens (including phenoxy) is 1. The number of nitrogens with zero attached hydrogens (tertiary/aromatic N) is 1. The van der Waals surface area contributed by atoms with Gasteiger partial charge in [-0.05, 0) is 37.3 Å². The number of carbonyl (C=O) groups is 1. The minimum atomic E-state index is -0.259. The van der Waals surface area contributed by atoms with E-state index in [2.05, 4.69) is 40.7 Å². The summed E-state index contributed by atoms with van der Waals surface area (Å²) in [6, 6.07) is 8.60. The molecule has 2 aliphatic heterocycles. The number of likely N-dealkylation sites (tertiary alicyclic amines) is 1. The quantitative estimate of drug-likeness (QED) is 0.872. The first-order chi connectivity index (χ1) is 10.2. The minimum absolute atomic E-state index is 0.254. The van der Waals surface area contributed by atoms with Gasteiger partial charge in [-0.3, -0.25) is 4.90 Å². The standard InChI is InChI=1S/C16H22N2O2S/c1-21-14-6-3-2-5-13(14)11-18-9-4-7-16(8-10-18)12-17-15(19)20-16/h2-3,5-6H,4,7-12H2,1H3,(H,17,19)/t16-/m0/s1. The molecule has 2 saturated heterocycles. The van der Waals surface area contributed by atoms with Crippen LogP contribution in [0.4, 0.5) is 4.79 Å². The molecule has 2 fully saturated rings. The smallest absolute Gasteiger partial charge is 0.407 e. The fourth-order valence-electron chi connectivity index (χ4n) is 3.24. The monoisotopic (exact) mass is 306 g/mol. The van der Waals surface area contributed by atoms with Crippen LogP contribution in [0, 0.1) is 0 Å². The van der Waals surface area contributed by atoms with Gasteiger partial charge in [-0.1, -0.05) is 18.2 Å². The molecule has 5 heteroatoms. The van der Waals surface area contributed by atoms with E-state index in [0.29, 0.717) is 6.54 Å². The van der Waals surface area contributed by atoms with Crippen molar-refractivity contribution in [3.05, 3.63) is 29.8 Å². The molecule has 1 N–H and O–H groups in total. The number of hydrogen-bond donors (Lipinski definition) is 1. The van der Waals surface area contributed by atoms with Gasteiger partial charge in [0.05, 0.1) is 6.54 Å². The Morgan fingerprint density at radius 1 is 1.33 bits per heavy atom. The first-order valence-corrected chi connectivity index (χ1v) is 8.74. The lowest BCUT2D eigenvalue weighted by Gasteiger charge is -2.25. The van der Waals surface area contributed by atoms with Crippen molar-refractivity contribution in [3.8, 4) is 0 Å². The molecule has 1 atom stereocenters. The summed E-state index contributed by atoms with van der Waals surface area (Å²) in [6.45, 7) is 3.70. The topological polar surface area (TPSA) is 41.6 Å². The molecule has 4 nitrogen and oxygen atoms in total. The fourth-order valence-corrected chi connectivity index (χ4v) is 3.85. The van der Waals surface area contributed by atoms with Crippen LogP contribution >= 0.6 is 11.8 Å². The minimum Gasteiger partial charge on any atom is -0.441 e. The lowest BCUT2D eigenvalue weighted by atomic mass is 9.95. The largest absolute Gasteiger partial charge is 0.441 e. The van der Waals surface area contributed by atoms with Crippen LogP contribution in [-0.2, 0) is 11.3 Å². The van der Waals surface area contributed by atoms with Gasteiger partial charge in [-0.2, -0.15) is 0 Å². The molecule has 0 aliphatic carbocycles. The predicted octanol–water partition coefficient (Wildman–Crippen LogP) is 2.87. The van der Waals surface area contributed by atoms with E-state index in [1.165, 1.54) is 10.5 Å². The fraction of sp³-hybridized carbons (Fsp3) is 0.562. The van der Waals surface area contributed by atoms with E-state index in [1.54, 1.807) is 11.8 Å². The van der Waals surface area contributed by atoms with Crippen LogP contribution in [0.3, 0.4) is 0 Å². The molecule has 1 aromatic rings. The van der Waals surface area contributed by atoms with E-state index in [4.69, 9.17) is 4.74 Å². The van der Waals surface area contributed by atoms with Crippen LogP contribution in [0.2, 0.25) is 0 Å². The van der Waals surface area contributed by atoms with Crippen LogP contribution < -0.4 is 5.32 Å². The van der Waals surface area contributed by atoms with Gasteiger partial charge in [0.2, 0.25) is 0 Å². The molecule has 114 valence electrons. The van der Waals surface area contributed by atoms with Gasteiger partial charge in [0.15, 0.2) is 0 Å². The summed E-state index contributed by atoms with van der Waals surface area (Å²) in [5.74, 6) is 0. The van der Waals surface area contributed by atoms with E-state index < -0.39 is 0 Å². The Hall–Kier alpha value is -1.20. The average molecular weight is 306 g/mol. The molecule has 0 saturated carbocycles. The van der Waals surface area contributed by atoms with E-state index >= 15 is 0 Å². The molecule has 1 spiro atoms. The third-order valence-corrected chi connectivity index (χ3v) is 5.28. The molecule has 1 aromatic carbocycles.